The first-order valence-corrected chi connectivity index (χ1v) is 11.2. The van der Waals surface area contributed by atoms with Crippen LogP contribution < -0.4 is 9.44 Å². The van der Waals surface area contributed by atoms with Crippen molar-refractivity contribution in [1.82, 2.24) is 14.7 Å². The van der Waals surface area contributed by atoms with Gasteiger partial charge in [-0.05, 0) is 61.8 Å². The molecule has 0 unspecified atom stereocenters. The van der Waals surface area contributed by atoms with Crippen LogP contribution >= 0.6 is 0 Å². The van der Waals surface area contributed by atoms with Gasteiger partial charge in [0.05, 0.1) is 0 Å². The van der Waals surface area contributed by atoms with Gasteiger partial charge in [0.25, 0.3) is 10.2 Å². The van der Waals surface area contributed by atoms with Crippen molar-refractivity contribution in [2.24, 2.45) is 16.8 Å². The lowest BCUT2D eigenvalue weighted by Crippen LogP contribution is -2.35. The SMILES string of the molecule is O=S(=O)(NCC1CCC(C=Nc2nc3ccc(F)cc3o2)CC1)Nc1ccccn1. The van der Waals surface area contributed by atoms with Gasteiger partial charge in [0.1, 0.15) is 17.2 Å². The van der Waals surface area contributed by atoms with Crippen molar-refractivity contribution in [3.63, 3.8) is 0 Å². The van der Waals surface area contributed by atoms with Crippen molar-refractivity contribution in [1.29, 1.82) is 0 Å². The van der Waals surface area contributed by atoms with Crippen LogP contribution in [0.4, 0.5) is 16.2 Å². The number of nitrogens with one attached hydrogen (secondary N) is 2. The Morgan fingerprint density at radius 1 is 1.20 bits per heavy atom. The molecule has 30 heavy (non-hydrogen) atoms. The van der Waals surface area contributed by atoms with E-state index < -0.39 is 10.2 Å². The van der Waals surface area contributed by atoms with Crippen molar-refractivity contribution in [3.05, 3.63) is 48.4 Å². The average Bonchev–Trinajstić information content (AvgIpc) is 3.14. The van der Waals surface area contributed by atoms with E-state index in [1.165, 1.54) is 18.3 Å². The van der Waals surface area contributed by atoms with Crippen molar-refractivity contribution in [2.45, 2.75) is 25.7 Å². The highest BCUT2D eigenvalue weighted by molar-refractivity contribution is 7.90. The van der Waals surface area contributed by atoms with Crippen LogP contribution in [0.15, 0.2) is 52.0 Å². The zero-order valence-electron chi connectivity index (χ0n) is 16.2. The Labute approximate surface area is 173 Å². The van der Waals surface area contributed by atoms with E-state index in [2.05, 4.69) is 24.4 Å². The molecule has 3 aromatic rings. The maximum Gasteiger partial charge on any atom is 0.322 e. The number of aliphatic imine (C=N–C) groups is 1. The molecule has 0 atom stereocenters. The second kappa shape index (κ2) is 8.88. The Morgan fingerprint density at radius 3 is 2.80 bits per heavy atom. The minimum atomic E-state index is -3.65. The van der Waals surface area contributed by atoms with Crippen molar-refractivity contribution in [2.75, 3.05) is 11.3 Å². The summed E-state index contributed by atoms with van der Waals surface area (Å²) in [5.74, 6) is 0.448. The van der Waals surface area contributed by atoms with Crippen LogP contribution in [0, 0.1) is 17.7 Å². The van der Waals surface area contributed by atoms with E-state index in [4.69, 9.17) is 4.42 Å². The normalized spacial score (nSPS) is 20.0. The van der Waals surface area contributed by atoms with E-state index in [9.17, 15) is 12.8 Å². The standard InChI is InChI=1S/C20H22FN5O3S/c21-16-8-9-17-18(11-16)29-20(25-17)23-12-14-4-6-15(7-5-14)13-24-30(27,28)26-19-3-1-2-10-22-19/h1-3,8-12,14-15,24H,4-7,13H2,(H,22,26). The smallest absolute Gasteiger partial charge is 0.322 e. The Kier molecular flexibility index (Phi) is 6.05. The molecule has 1 aliphatic carbocycles. The summed E-state index contributed by atoms with van der Waals surface area (Å²) in [6.07, 6.45) is 6.93. The fourth-order valence-corrected chi connectivity index (χ4v) is 4.40. The predicted molar refractivity (Wildman–Crippen MR) is 112 cm³/mol. The van der Waals surface area contributed by atoms with E-state index in [0.29, 0.717) is 17.6 Å². The number of halogens is 1. The molecule has 8 nitrogen and oxygen atoms in total. The van der Waals surface area contributed by atoms with Crippen LogP contribution in [0.1, 0.15) is 25.7 Å². The second-order valence-electron chi connectivity index (χ2n) is 7.34. The van der Waals surface area contributed by atoms with Crippen LogP contribution in [0.3, 0.4) is 0 Å². The minimum absolute atomic E-state index is 0.214. The Hall–Kier alpha value is -2.85. The molecule has 0 saturated heterocycles. The Balaban J connectivity index is 1.25. The fourth-order valence-electron chi connectivity index (χ4n) is 3.48. The van der Waals surface area contributed by atoms with E-state index in [1.807, 2.05) is 6.21 Å². The molecule has 2 aromatic heterocycles. The monoisotopic (exact) mass is 431 g/mol. The topological polar surface area (TPSA) is 109 Å². The van der Waals surface area contributed by atoms with Crippen LogP contribution in [-0.4, -0.2) is 31.1 Å². The van der Waals surface area contributed by atoms with Gasteiger partial charge in [0, 0.05) is 25.0 Å². The number of pyridine rings is 1. The summed E-state index contributed by atoms with van der Waals surface area (Å²) in [7, 11) is -3.65. The number of hydrogen-bond donors (Lipinski definition) is 2. The van der Waals surface area contributed by atoms with E-state index in [1.54, 1.807) is 24.3 Å². The number of benzene rings is 1. The molecule has 0 spiro atoms. The molecule has 158 valence electrons. The lowest BCUT2D eigenvalue weighted by Gasteiger charge is -2.26. The summed E-state index contributed by atoms with van der Waals surface area (Å²) in [5.41, 5.74) is 0.941. The van der Waals surface area contributed by atoms with E-state index in [-0.39, 0.29) is 29.5 Å². The maximum absolute atomic E-state index is 13.2. The van der Waals surface area contributed by atoms with Crippen LogP contribution in [0.5, 0.6) is 0 Å². The van der Waals surface area contributed by atoms with E-state index >= 15 is 0 Å². The van der Waals surface area contributed by atoms with Gasteiger partial charge in [-0.3, -0.25) is 4.72 Å². The zero-order valence-corrected chi connectivity index (χ0v) is 17.0. The van der Waals surface area contributed by atoms with Gasteiger partial charge in [-0.15, -0.1) is 0 Å². The Morgan fingerprint density at radius 2 is 2.03 bits per heavy atom. The third-order valence-corrected chi connectivity index (χ3v) is 6.12. The molecule has 10 heteroatoms. The molecule has 1 saturated carbocycles. The predicted octanol–water partition coefficient (Wildman–Crippen LogP) is 3.82. The highest BCUT2D eigenvalue weighted by Crippen LogP contribution is 2.28. The second-order valence-corrected chi connectivity index (χ2v) is 8.84. The molecular formula is C20H22FN5O3S. The number of rotatable bonds is 7. The number of aromatic nitrogens is 2. The molecule has 0 aliphatic heterocycles. The number of fused-ring (bicyclic) bond motifs is 1. The van der Waals surface area contributed by atoms with Crippen molar-refractivity contribution >= 4 is 39.4 Å². The van der Waals surface area contributed by atoms with Crippen molar-refractivity contribution < 1.29 is 17.2 Å². The Bertz CT molecular complexity index is 1130. The van der Waals surface area contributed by atoms with E-state index in [0.717, 1.165) is 25.7 Å². The summed E-state index contributed by atoms with van der Waals surface area (Å²) >= 11 is 0. The van der Waals surface area contributed by atoms with Gasteiger partial charge < -0.3 is 4.42 Å². The molecule has 1 aliphatic rings. The highest BCUT2D eigenvalue weighted by Gasteiger charge is 2.22. The molecule has 4 rings (SSSR count). The summed E-state index contributed by atoms with van der Waals surface area (Å²) in [6, 6.07) is 9.42. The molecule has 2 N–H and O–H groups in total. The first-order chi connectivity index (χ1) is 14.5. The quantitative estimate of drug-likeness (QED) is 0.553. The summed E-state index contributed by atoms with van der Waals surface area (Å²) in [4.78, 5) is 12.5. The van der Waals surface area contributed by atoms with Gasteiger partial charge in [-0.1, -0.05) is 6.07 Å². The lowest BCUT2D eigenvalue weighted by atomic mass is 9.83. The molecular weight excluding hydrogens is 409 g/mol. The first kappa shape index (κ1) is 20.4. The highest BCUT2D eigenvalue weighted by atomic mass is 32.2. The molecule has 0 amide bonds. The van der Waals surface area contributed by atoms with Crippen LogP contribution in [-0.2, 0) is 10.2 Å². The fraction of sp³-hybridized carbons (Fsp3) is 0.350. The lowest BCUT2D eigenvalue weighted by molar-refractivity contribution is 0.325. The summed E-state index contributed by atoms with van der Waals surface area (Å²) in [5, 5.41) is 0. The summed E-state index contributed by atoms with van der Waals surface area (Å²) < 4.78 is 48.0. The van der Waals surface area contributed by atoms with Crippen LogP contribution in [0.2, 0.25) is 0 Å². The van der Waals surface area contributed by atoms with Gasteiger partial charge >= 0.3 is 6.01 Å². The number of nitrogens with zero attached hydrogens (tertiary/aromatic N) is 3. The van der Waals surface area contributed by atoms with Crippen LogP contribution in [0.25, 0.3) is 11.1 Å². The molecule has 1 aromatic carbocycles. The molecule has 2 heterocycles. The largest absolute Gasteiger partial charge is 0.422 e. The minimum Gasteiger partial charge on any atom is -0.422 e. The molecule has 0 radical (unpaired) electrons. The first-order valence-electron chi connectivity index (χ1n) is 9.75. The van der Waals surface area contributed by atoms with Gasteiger partial charge in [0.15, 0.2) is 5.58 Å². The van der Waals surface area contributed by atoms with Crippen molar-refractivity contribution in [3.8, 4) is 0 Å². The van der Waals surface area contributed by atoms with Gasteiger partial charge in [-0.25, -0.2) is 14.4 Å². The summed E-state index contributed by atoms with van der Waals surface area (Å²) in [6.45, 7) is 0.378. The molecule has 1 fully saturated rings. The third-order valence-electron chi connectivity index (χ3n) is 5.09. The number of oxazole rings is 1. The number of anilines is 1. The average molecular weight is 431 g/mol. The van der Waals surface area contributed by atoms with Gasteiger partial charge in [0.2, 0.25) is 0 Å². The zero-order chi connectivity index (χ0) is 21.0. The van der Waals surface area contributed by atoms with Gasteiger partial charge in [-0.2, -0.15) is 18.1 Å². The third kappa shape index (κ3) is 5.39. The molecule has 0 bridgehead atoms. The number of hydrogen-bond acceptors (Lipinski definition) is 6. The maximum atomic E-state index is 13.2.